The van der Waals surface area contributed by atoms with Crippen molar-refractivity contribution in [3.05, 3.63) is 23.3 Å². The lowest BCUT2D eigenvalue weighted by Gasteiger charge is -2.27. The Hall–Kier alpha value is -2.89. The van der Waals surface area contributed by atoms with E-state index in [2.05, 4.69) is 16.0 Å². The van der Waals surface area contributed by atoms with Gasteiger partial charge in [-0.15, -0.1) is 0 Å². The molecule has 0 bridgehead atoms. The maximum Gasteiger partial charge on any atom is 0.255 e. The highest BCUT2D eigenvalue weighted by Gasteiger charge is 2.25. The third-order valence-electron chi connectivity index (χ3n) is 5.50. The third kappa shape index (κ3) is 8.81. The Morgan fingerprint density at radius 3 is 2.32 bits per heavy atom. The van der Waals surface area contributed by atoms with Gasteiger partial charge in [-0.05, 0) is 45.8 Å². The first kappa shape index (κ1) is 27.4. The highest BCUT2D eigenvalue weighted by molar-refractivity contribution is 6.03. The molecule has 1 aliphatic rings. The van der Waals surface area contributed by atoms with E-state index in [1.165, 1.54) is 6.07 Å². The van der Waals surface area contributed by atoms with Crippen molar-refractivity contribution in [1.82, 2.24) is 20.9 Å². The normalized spacial score (nSPS) is 17.7. The van der Waals surface area contributed by atoms with Gasteiger partial charge < -0.3 is 41.8 Å². The lowest BCUT2D eigenvalue weighted by molar-refractivity contribution is 0.0921. The van der Waals surface area contributed by atoms with Crippen LogP contribution in [-0.2, 0) is 0 Å². The van der Waals surface area contributed by atoms with Gasteiger partial charge in [0.15, 0.2) is 0 Å². The monoisotopic (exact) mass is 477 g/mol. The van der Waals surface area contributed by atoms with Crippen LogP contribution < -0.4 is 36.9 Å². The first-order valence-electron chi connectivity index (χ1n) is 11.7. The van der Waals surface area contributed by atoms with Gasteiger partial charge in [0.25, 0.3) is 11.8 Å². The summed E-state index contributed by atoms with van der Waals surface area (Å²) in [6.07, 6.45) is 4.40. The van der Waals surface area contributed by atoms with Crippen molar-refractivity contribution in [3.8, 4) is 11.5 Å². The lowest BCUT2D eigenvalue weighted by Crippen LogP contribution is -2.40. The molecule has 0 atom stereocenters. The van der Waals surface area contributed by atoms with Gasteiger partial charge in [-0.25, -0.2) is 0 Å². The van der Waals surface area contributed by atoms with Crippen molar-refractivity contribution in [2.75, 3.05) is 53.5 Å². The van der Waals surface area contributed by atoms with Gasteiger partial charge in [-0.1, -0.05) is 0 Å². The van der Waals surface area contributed by atoms with Gasteiger partial charge in [0.1, 0.15) is 24.7 Å². The molecule has 1 fully saturated rings. The number of hydrogen-bond acceptors (Lipinski definition) is 8. The number of carbonyl (C=O) groups excluding carboxylic acids is 2. The molecular formula is C23H39N7O4. The second-order valence-electron chi connectivity index (χ2n) is 8.57. The van der Waals surface area contributed by atoms with Gasteiger partial charge in [0.2, 0.25) is 0 Å². The van der Waals surface area contributed by atoms with Crippen LogP contribution in [0.4, 0.5) is 0 Å². The first-order chi connectivity index (χ1) is 16.3. The second-order valence-corrected chi connectivity index (χ2v) is 8.57. The molecule has 1 aromatic carbocycles. The number of nitrogens with one attached hydrogen (secondary N) is 4. The number of likely N-dealkylation sites (N-methyl/N-ethyl adjacent to an activating group) is 1. The molecule has 0 radical (unpaired) electrons. The van der Waals surface area contributed by atoms with E-state index in [4.69, 9.17) is 26.4 Å². The number of benzene rings is 1. The molecule has 0 spiro atoms. The minimum Gasteiger partial charge on any atom is -0.491 e. The van der Waals surface area contributed by atoms with E-state index < -0.39 is 0 Å². The molecule has 2 amide bonds. The number of nitrogens with zero attached hydrogens (tertiary/aromatic N) is 1. The Labute approximate surface area is 201 Å². The lowest BCUT2D eigenvalue weighted by atomic mass is 9.91. The van der Waals surface area contributed by atoms with Crippen LogP contribution in [0.2, 0.25) is 0 Å². The summed E-state index contributed by atoms with van der Waals surface area (Å²) in [4.78, 5) is 28.2. The molecule has 34 heavy (non-hydrogen) atoms. The molecule has 0 heterocycles. The minimum atomic E-state index is -0.344. The van der Waals surface area contributed by atoms with Crippen molar-refractivity contribution in [1.29, 1.82) is 5.41 Å². The number of hydrogen-bond donors (Lipinski definition) is 6. The molecule has 190 valence electrons. The Morgan fingerprint density at radius 2 is 1.71 bits per heavy atom. The maximum absolute atomic E-state index is 13.2. The summed E-state index contributed by atoms with van der Waals surface area (Å²) < 4.78 is 11.6. The Bertz CT molecular complexity index is 811. The van der Waals surface area contributed by atoms with Crippen LogP contribution in [0.3, 0.4) is 0 Å². The van der Waals surface area contributed by atoms with Crippen LogP contribution in [0, 0.1) is 5.41 Å². The second kappa shape index (κ2) is 14.4. The molecule has 0 aliphatic heterocycles. The molecule has 0 saturated heterocycles. The predicted molar refractivity (Wildman–Crippen MR) is 132 cm³/mol. The molecule has 0 unspecified atom stereocenters. The average Bonchev–Trinajstić information content (AvgIpc) is 2.81. The fourth-order valence-corrected chi connectivity index (χ4v) is 3.63. The van der Waals surface area contributed by atoms with Gasteiger partial charge in [-0.2, -0.15) is 0 Å². The van der Waals surface area contributed by atoms with E-state index in [0.717, 1.165) is 32.0 Å². The summed E-state index contributed by atoms with van der Waals surface area (Å²) in [5.41, 5.74) is 12.1. The van der Waals surface area contributed by atoms with E-state index in [1.54, 1.807) is 6.07 Å². The summed E-state index contributed by atoms with van der Waals surface area (Å²) in [5, 5.41) is 15.7. The van der Waals surface area contributed by atoms with Crippen LogP contribution in [-0.4, -0.2) is 88.6 Å². The molecular weight excluding hydrogens is 438 g/mol. The number of nitrogens with two attached hydrogens (primary N) is 2. The standard InChI is InChI=1S/C23H39N7O4/c1-30(2)10-8-28-22(31)18-13-19(23(32)29-17-5-3-16(26)4-6-17)21(34-12-9-27-15-25)14-20(18)33-11-7-24/h13-17H,3-12,24,26H2,1-2H3,(H2,25,27)(H,28,31)(H,29,32)/t16-,17+. The molecule has 1 saturated carbocycles. The highest BCUT2D eigenvalue weighted by atomic mass is 16.5. The fraction of sp³-hybridized carbons (Fsp3) is 0.609. The Kier molecular flexibility index (Phi) is 11.6. The minimum absolute atomic E-state index is 0.0188. The summed E-state index contributed by atoms with van der Waals surface area (Å²) >= 11 is 0. The van der Waals surface area contributed by atoms with Gasteiger partial charge >= 0.3 is 0 Å². The molecule has 11 heteroatoms. The average molecular weight is 478 g/mol. The Morgan fingerprint density at radius 1 is 1.06 bits per heavy atom. The summed E-state index contributed by atoms with van der Waals surface area (Å²) in [5.74, 6) is -0.0663. The summed E-state index contributed by atoms with van der Waals surface area (Å²) in [7, 11) is 3.84. The smallest absolute Gasteiger partial charge is 0.255 e. The van der Waals surface area contributed by atoms with Crippen LogP contribution >= 0.6 is 0 Å². The van der Waals surface area contributed by atoms with E-state index in [9.17, 15) is 9.59 Å². The number of rotatable bonds is 14. The van der Waals surface area contributed by atoms with Crippen molar-refractivity contribution >= 4 is 18.2 Å². The van der Waals surface area contributed by atoms with E-state index in [1.807, 2.05) is 19.0 Å². The number of ether oxygens (including phenoxy) is 2. The molecule has 1 aliphatic carbocycles. The number of carbonyl (C=O) groups is 2. The predicted octanol–water partition coefficient (Wildman–Crippen LogP) is -0.109. The van der Waals surface area contributed by atoms with Crippen LogP contribution in [0.25, 0.3) is 0 Å². The van der Waals surface area contributed by atoms with E-state index in [-0.39, 0.29) is 54.8 Å². The van der Waals surface area contributed by atoms with E-state index in [0.29, 0.717) is 31.1 Å². The van der Waals surface area contributed by atoms with Gasteiger partial charge in [-0.3, -0.25) is 15.0 Å². The Balaban J connectivity index is 2.31. The van der Waals surface area contributed by atoms with Crippen molar-refractivity contribution in [3.63, 3.8) is 0 Å². The SMILES string of the molecule is CN(C)CCNC(=O)c1cc(C(=O)N[C@H]2CC[C@@H](N)CC2)c(OCCNC=N)cc1OCCN. The summed E-state index contributed by atoms with van der Waals surface area (Å²) in [6, 6.07) is 3.27. The van der Waals surface area contributed by atoms with Crippen molar-refractivity contribution in [2.24, 2.45) is 11.5 Å². The highest BCUT2D eigenvalue weighted by Crippen LogP contribution is 2.30. The molecule has 0 aromatic heterocycles. The van der Waals surface area contributed by atoms with Gasteiger partial charge in [0.05, 0.1) is 17.5 Å². The zero-order valence-electron chi connectivity index (χ0n) is 20.2. The molecule has 2 rings (SSSR count). The van der Waals surface area contributed by atoms with Crippen LogP contribution in [0.5, 0.6) is 11.5 Å². The fourth-order valence-electron chi connectivity index (χ4n) is 3.63. The molecule has 11 nitrogen and oxygen atoms in total. The largest absolute Gasteiger partial charge is 0.491 e. The van der Waals surface area contributed by atoms with Gasteiger partial charge in [0, 0.05) is 44.3 Å². The number of amides is 2. The maximum atomic E-state index is 13.2. The topological polar surface area (TPSA) is 168 Å². The zero-order valence-corrected chi connectivity index (χ0v) is 20.2. The quantitative estimate of drug-likeness (QED) is 0.123. The zero-order chi connectivity index (χ0) is 24.9. The van der Waals surface area contributed by atoms with E-state index >= 15 is 0 Å². The molecule has 1 aromatic rings. The third-order valence-corrected chi connectivity index (χ3v) is 5.50. The first-order valence-corrected chi connectivity index (χ1v) is 11.7. The van der Waals surface area contributed by atoms with Crippen LogP contribution in [0.15, 0.2) is 12.1 Å². The summed E-state index contributed by atoms with van der Waals surface area (Å²) in [6.45, 7) is 2.20. The van der Waals surface area contributed by atoms with Crippen molar-refractivity contribution in [2.45, 2.75) is 37.8 Å². The molecule has 8 N–H and O–H groups in total. The van der Waals surface area contributed by atoms with Crippen LogP contribution in [0.1, 0.15) is 46.4 Å². The van der Waals surface area contributed by atoms with Crippen molar-refractivity contribution < 1.29 is 19.1 Å².